The molecule has 5 rings (SSSR count). The van der Waals surface area contributed by atoms with E-state index in [-0.39, 0.29) is 11.5 Å². The summed E-state index contributed by atoms with van der Waals surface area (Å²) >= 11 is 0. The van der Waals surface area contributed by atoms with Crippen LogP contribution in [0, 0.1) is 6.92 Å². The van der Waals surface area contributed by atoms with E-state index < -0.39 is 11.9 Å². The first-order valence-corrected chi connectivity index (χ1v) is 11.8. The molecular formula is C30H24N4O3. The molecule has 1 atom stereocenters. The van der Waals surface area contributed by atoms with E-state index in [9.17, 15) is 14.4 Å². The van der Waals surface area contributed by atoms with Gasteiger partial charge in [0.1, 0.15) is 11.9 Å². The maximum absolute atomic E-state index is 13.2. The second kappa shape index (κ2) is 10.3. The van der Waals surface area contributed by atoms with Crippen molar-refractivity contribution in [1.82, 2.24) is 14.9 Å². The smallest absolute Gasteiger partial charge is 0.265 e. The van der Waals surface area contributed by atoms with Crippen LogP contribution in [-0.2, 0) is 4.79 Å². The Morgan fingerprint density at radius 2 is 1.41 bits per heavy atom. The zero-order valence-electron chi connectivity index (χ0n) is 20.1. The number of benzene rings is 4. The third-order valence-corrected chi connectivity index (χ3v) is 6.04. The lowest BCUT2D eigenvalue weighted by Crippen LogP contribution is -2.37. The van der Waals surface area contributed by atoms with Gasteiger partial charge in [-0.25, -0.2) is 4.98 Å². The molecule has 2 amide bonds. The molecular weight excluding hydrogens is 464 g/mol. The molecule has 1 heterocycles. The van der Waals surface area contributed by atoms with Gasteiger partial charge in [-0.05, 0) is 61.0 Å². The molecule has 7 heteroatoms. The molecule has 0 saturated carbocycles. The molecule has 2 N–H and O–H groups in total. The first kappa shape index (κ1) is 23.7. The number of carbonyl (C=O) groups is 2. The van der Waals surface area contributed by atoms with Crippen molar-refractivity contribution >= 4 is 28.4 Å². The quantitative estimate of drug-likeness (QED) is 0.359. The van der Waals surface area contributed by atoms with Crippen LogP contribution in [0.15, 0.2) is 114 Å². The average Bonchev–Trinajstić information content (AvgIpc) is 2.93. The molecule has 0 spiro atoms. The van der Waals surface area contributed by atoms with Crippen LogP contribution < -0.4 is 16.2 Å². The van der Waals surface area contributed by atoms with Gasteiger partial charge in [-0.2, -0.15) is 0 Å². The molecule has 0 aliphatic carbocycles. The van der Waals surface area contributed by atoms with Gasteiger partial charge in [0, 0.05) is 11.3 Å². The van der Waals surface area contributed by atoms with Gasteiger partial charge in [-0.1, -0.05) is 60.7 Å². The SMILES string of the molecule is Cc1nc2ccccc2c(=O)n1-c1ccc(C(=O)NC(C(=O)Nc2ccccc2)c2ccccc2)cc1. The highest BCUT2D eigenvalue weighted by molar-refractivity contribution is 6.01. The Hall–Kier alpha value is -5.04. The zero-order valence-corrected chi connectivity index (χ0v) is 20.1. The Bertz CT molecular complexity index is 1630. The van der Waals surface area contributed by atoms with Crippen LogP contribution >= 0.6 is 0 Å². The van der Waals surface area contributed by atoms with E-state index in [2.05, 4.69) is 15.6 Å². The first-order chi connectivity index (χ1) is 18.0. The maximum atomic E-state index is 13.2. The first-order valence-electron chi connectivity index (χ1n) is 11.8. The van der Waals surface area contributed by atoms with Crippen molar-refractivity contribution in [3.8, 4) is 5.69 Å². The summed E-state index contributed by atoms with van der Waals surface area (Å²) in [6, 6.07) is 31.1. The van der Waals surface area contributed by atoms with Crippen molar-refractivity contribution in [3.63, 3.8) is 0 Å². The molecule has 1 unspecified atom stereocenters. The van der Waals surface area contributed by atoms with Crippen molar-refractivity contribution in [2.75, 3.05) is 5.32 Å². The molecule has 0 aliphatic heterocycles. The fourth-order valence-corrected chi connectivity index (χ4v) is 4.21. The number of fused-ring (bicyclic) bond motifs is 1. The van der Waals surface area contributed by atoms with E-state index in [1.807, 2.05) is 42.5 Å². The average molecular weight is 489 g/mol. The minimum absolute atomic E-state index is 0.179. The number of aryl methyl sites for hydroxylation is 1. The number of carbonyl (C=O) groups excluding carboxylic acids is 2. The molecule has 0 aliphatic rings. The summed E-state index contributed by atoms with van der Waals surface area (Å²) in [6.07, 6.45) is 0. The number of nitrogens with one attached hydrogen (secondary N) is 2. The Kier molecular flexibility index (Phi) is 6.59. The van der Waals surface area contributed by atoms with Crippen LogP contribution in [0.1, 0.15) is 27.8 Å². The number of hydrogen-bond acceptors (Lipinski definition) is 4. The van der Waals surface area contributed by atoms with Crippen molar-refractivity contribution in [2.45, 2.75) is 13.0 Å². The number of aromatic nitrogens is 2. The van der Waals surface area contributed by atoms with Crippen LogP contribution in [0.5, 0.6) is 0 Å². The van der Waals surface area contributed by atoms with Crippen molar-refractivity contribution in [3.05, 3.63) is 136 Å². The number of rotatable bonds is 6. The number of anilines is 1. The number of para-hydroxylation sites is 2. The van der Waals surface area contributed by atoms with Gasteiger partial charge in [0.2, 0.25) is 0 Å². The van der Waals surface area contributed by atoms with Gasteiger partial charge in [0.15, 0.2) is 0 Å². The summed E-state index contributed by atoms with van der Waals surface area (Å²) in [4.78, 5) is 43.9. The van der Waals surface area contributed by atoms with Gasteiger partial charge in [-0.3, -0.25) is 19.0 Å². The molecule has 1 aromatic heterocycles. The summed E-state index contributed by atoms with van der Waals surface area (Å²) in [5, 5.41) is 6.22. The molecule has 0 saturated heterocycles. The molecule has 0 radical (unpaired) electrons. The molecule has 0 bridgehead atoms. The van der Waals surface area contributed by atoms with E-state index in [1.54, 1.807) is 73.7 Å². The molecule has 5 aromatic rings. The molecule has 182 valence electrons. The lowest BCUT2D eigenvalue weighted by molar-refractivity contribution is -0.118. The van der Waals surface area contributed by atoms with Crippen LogP contribution in [0.25, 0.3) is 16.6 Å². The lowest BCUT2D eigenvalue weighted by atomic mass is 10.0. The summed E-state index contributed by atoms with van der Waals surface area (Å²) in [5.41, 5.74) is 2.71. The van der Waals surface area contributed by atoms with E-state index in [4.69, 9.17) is 0 Å². The Balaban J connectivity index is 1.41. The van der Waals surface area contributed by atoms with E-state index in [1.165, 1.54) is 4.57 Å². The Labute approximate surface area is 213 Å². The minimum Gasteiger partial charge on any atom is -0.336 e. The van der Waals surface area contributed by atoms with Crippen molar-refractivity contribution in [2.24, 2.45) is 0 Å². The standard InChI is InChI=1S/C30H24N4O3/c1-20-31-26-15-9-8-14-25(26)30(37)34(20)24-18-16-22(17-19-24)28(35)33-27(21-10-4-2-5-11-21)29(36)32-23-12-6-3-7-13-23/h2-19,27H,1H3,(H,32,36)(H,33,35). The van der Waals surface area contributed by atoms with Crippen LogP contribution in [0.3, 0.4) is 0 Å². The van der Waals surface area contributed by atoms with Crippen LogP contribution in [0.4, 0.5) is 5.69 Å². The summed E-state index contributed by atoms with van der Waals surface area (Å²) < 4.78 is 1.52. The monoisotopic (exact) mass is 488 g/mol. The highest BCUT2D eigenvalue weighted by Gasteiger charge is 2.23. The number of hydrogen-bond donors (Lipinski definition) is 2. The Morgan fingerprint density at radius 3 is 2.11 bits per heavy atom. The predicted octanol–water partition coefficient (Wildman–Crippen LogP) is 4.80. The second-order valence-corrected chi connectivity index (χ2v) is 8.54. The van der Waals surface area contributed by atoms with Crippen molar-refractivity contribution < 1.29 is 9.59 Å². The number of amides is 2. The van der Waals surface area contributed by atoms with Gasteiger partial charge >= 0.3 is 0 Å². The summed E-state index contributed by atoms with van der Waals surface area (Å²) in [6.45, 7) is 1.77. The molecule has 37 heavy (non-hydrogen) atoms. The molecule has 0 fully saturated rings. The van der Waals surface area contributed by atoms with Gasteiger partial charge in [0.05, 0.1) is 16.6 Å². The fraction of sp³-hybridized carbons (Fsp3) is 0.0667. The highest BCUT2D eigenvalue weighted by Crippen LogP contribution is 2.18. The third kappa shape index (κ3) is 5.01. The van der Waals surface area contributed by atoms with Gasteiger partial charge < -0.3 is 10.6 Å². The second-order valence-electron chi connectivity index (χ2n) is 8.54. The fourth-order valence-electron chi connectivity index (χ4n) is 4.21. The lowest BCUT2D eigenvalue weighted by Gasteiger charge is -2.19. The normalized spacial score (nSPS) is 11.6. The molecule has 7 nitrogen and oxygen atoms in total. The Morgan fingerprint density at radius 1 is 0.784 bits per heavy atom. The van der Waals surface area contributed by atoms with E-state index in [0.29, 0.717) is 39.2 Å². The molecule has 4 aromatic carbocycles. The summed E-state index contributed by atoms with van der Waals surface area (Å²) in [5.74, 6) is -0.223. The van der Waals surface area contributed by atoms with E-state index in [0.717, 1.165) is 0 Å². The predicted molar refractivity (Wildman–Crippen MR) is 144 cm³/mol. The van der Waals surface area contributed by atoms with Gasteiger partial charge in [0.25, 0.3) is 17.4 Å². The zero-order chi connectivity index (χ0) is 25.8. The van der Waals surface area contributed by atoms with Crippen molar-refractivity contribution in [1.29, 1.82) is 0 Å². The van der Waals surface area contributed by atoms with Crippen LogP contribution in [0.2, 0.25) is 0 Å². The van der Waals surface area contributed by atoms with E-state index >= 15 is 0 Å². The third-order valence-electron chi connectivity index (χ3n) is 6.04. The maximum Gasteiger partial charge on any atom is 0.265 e. The highest BCUT2D eigenvalue weighted by atomic mass is 16.2. The van der Waals surface area contributed by atoms with Crippen LogP contribution in [-0.4, -0.2) is 21.4 Å². The summed E-state index contributed by atoms with van der Waals surface area (Å²) in [7, 11) is 0. The van der Waals surface area contributed by atoms with Gasteiger partial charge in [-0.15, -0.1) is 0 Å². The minimum atomic E-state index is -0.900. The number of nitrogens with zero attached hydrogens (tertiary/aromatic N) is 2. The topological polar surface area (TPSA) is 93.1 Å². The largest absolute Gasteiger partial charge is 0.336 e.